The van der Waals surface area contributed by atoms with E-state index in [9.17, 15) is 0 Å². The summed E-state index contributed by atoms with van der Waals surface area (Å²) in [6, 6.07) is 6.02. The first-order valence-corrected chi connectivity index (χ1v) is 4.33. The van der Waals surface area contributed by atoms with Gasteiger partial charge < -0.3 is 9.30 Å². The van der Waals surface area contributed by atoms with Crippen molar-refractivity contribution in [3.05, 3.63) is 36.3 Å². The molecular weight excluding hydrogens is 162 g/mol. The van der Waals surface area contributed by atoms with E-state index in [0.717, 1.165) is 17.9 Å². The van der Waals surface area contributed by atoms with Crippen molar-refractivity contribution >= 4 is 5.65 Å². The maximum atomic E-state index is 4.47. The third-order valence-corrected chi connectivity index (χ3v) is 1.89. The van der Waals surface area contributed by atoms with E-state index >= 15 is 0 Å². The summed E-state index contributed by atoms with van der Waals surface area (Å²) in [6.45, 7) is 0.891. The van der Waals surface area contributed by atoms with Gasteiger partial charge in [0.05, 0.1) is 5.69 Å². The lowest BCUT2D eigenvalue weighted by Gasteiger charge is -2.04. The Bertz CT molecular complexity index is 370. The van der Waals surface area contributed by atoms with Crippen LogP contribution in [0.4, 0.5) is 0 Å². The van der Waals surface area contributed by atoms with Crippen LogP contribution in [-0.4, -0.2) is 28.4 Å². The van der Waals surface area contributed by atoms with Crippen molar-refractivity contribution in [3.63, 3.8) is 0 Å². The number of imidazole rings is 1. The molecule has 0 aliphatic carbocycles. The van der Waals surface area contributed by atoms with Gasteiger partial charge in [-0.05, 0) is 26.2 Å². The molecule has 0 spiro atoms. The molecule has 0 unspecified atom stereocenters. The van der Waals surface area contributed by atoms with Crippen molar-refractivity contribution in [3.8, 4) is 0 Å². The topological polar surface area (TPSA) is 20.5 Å². The first kappa shape index (κ1) is 8.26. The predicted octanol–water partition coefficient (Wildman–Crippen LogP) is 1.40. The molecule has 0 amide bonds. The quantitative estimate of drug-likeness (QED) is 0.687. The Morgan fingerprint density at radius 3 is 2.92 bits per heavy atom. The van der Waals surface area contributed by atoms with Crippen molar-refractivity contribution in [1.29, 1.82) is 0 Å². The minimum Gasteiger partial charge on any atom is -0.307 e. The zero-order valence-corrected chi connectivity index (χ0v) is 7.94. The fourth-order valence-electron chi connectivity index (χ4n) is 1.39. The molecule has 2 heterocycles. The second-order valence-corrected chi connectivity index (χ2v) is 3.44. The molecule has 0 aliphatic heterocycles. The molecule has 2 aromatic rings. The van der Waals surface area contributed by atoms with Gasteiger partial charge in [0.15, 0.2) is 0 Å². The van der Waals surface area contributed by atoms with E-state index in [-0.39, 0.29) is 0 Å². The summed E-state index contributed by atoms with van der Waals surface area (Å²) in [7, 11) is 4.09. The molecule has 0 atom stereocenters. The lowest BCUT2D eigenvalue weighted by molar-refractivity contribution is 0.398. The Morgan fingerprint density at radius 2 is 2.23 bits per heavy atom. The number of aromatic nitrogens is 2. The van der Waals surface area contributed by atoms with Crippen molar-refractivity contribution in [2.24, 2.45) is 0 Å². The van der Waals surface area contributed by atoms with E-state index in [1.807, 2.05) is 42.9 Å². The molecule has 13 heavy (non-hydrogen) atoms. The monoisotopic (exact) mass is 175 g/mol. The molecule has 0 N–H and O–H groups in total. The molecule has 0 aromatic carbocycles. The lowest BCUT2D eigenvalue weighted by Crippen LogP contribution is -2.10. The molecule has 3 nitrogen and oxygen atoms in total. The first-order valence-electron chi connectivity index (χ1n) is 4.33. The predicted molar refractivity (Wildman–Crippen MR) is 52.6 cm³/mol. The van der Waals surface area contributed by atoms with Gasteiger partial charge in [-0.15, -0.1) is 0 Å². The van der Waals surface area contributed by atoms with E-state index in [2.05, 4.69) is 16.1 Å². The van der Waals surface area contributed by atoms with Crippen LogP contribution in [0.15, 0.2) is 30.6 Å². The molecule has 3 heteroatoms. The zero-order chi connectivity index (χ0) is 9.26. The molecule has 0 saturated heterocycles. The first-order chi connectivity index (χ1) is 6.25. The van der Waals surface area contributed by atoms with Gasteiger partial charge in [0.1, 0.15) is 5.65 Å². The summed E-state index contributed by atoms with van der Waals surface area (Å²) in [6.07, 6.45) is 4.08. The normalized spacial score (nSPS) is 11.3. The molecule has 0 saturated carbocycles. The smallest absolute Gasteiger partial charge is 0.137 e. The van der Waals surface area contributed by atoms with Gasteiger partial charge >= 0.3 is 0 Å². The van der Waals surface area contributed by atoms with E-state index in [1.165, 1.54) is 0 Å². The van der Waals surface area contributed by atoms with Crippen LogP contribution in [0.2, 0.25) is 0 Å². The van der Waals surface area contributed by atoms with E-state index in [4.69, 9.17) is 0 Å². The highest BCUT2D eigenvalue weighted by Gasteiger charge is 2.00. The van der Waals surface area contributed by atoms with Crippen molar-refractivity contribution in [1.82, 2.24) is 14.3 Å². The Labute approximate surface area is 77.6 Å². The van der Waals surface area contributed by atoms with Crippen molar-refractivity contribution in [2.45, 2.75) is 6.54 Å². The van der Waals surface area contributed by atoms with Gasteiger partial charge in [0.2, 0.25) is 0 Å². The molecule has 68 valence electrons. The van der Waals surface area contributed by atoms with Crippen LogP contribution >= 0.6 is 0 Å². The molecule has 0 aliphatic rings. The fraction of sp³-hybridized carbons (Fsp3) is 0.300. The second-order valence-electron chi connectivity index (χ2n) is 3.44. The maximum absolute atomic E-state index is 4.47. The number of pyridine rings is 1. The minimum atomic E-state index is 0.891. The minimum absolute atomic E-state index is 0.891. The van der Waals surface area contributed by atoms with Crippen LogP contribution in [0.3, 0.4) is 0 Å². The fourth-order valence-corrected chi connectivity index (χ4v) is 1.39. The van der Waals surface area contributed by atoms with Crippen LogP contribution in [-0.2, 0) is 6.54 Å². The highest BCUT2D eigenvalue weighted by Crippen LogP contribution is 2.05. The van der Waals surface area contributed by atoms with E-state index in [0.29, 0.717) is 0 Å². The number of rotatable bonds is 2. The second kappa shape index (κ2) is 3.18. The summed E-state index contributed by atoms with van der Waals surface area (Å²) >= 11 is 0. The molecular formula is C10H13N3. The zero-order valence-electron chi connectivity index (χ0n) is 7.94. The van der Waals surface area contributed by atoms with Gasteiger partial charge in [-0.1, -0.05) is 6.07 Å². The van der Waals surface area contributed by atoms with E-state index in [1.54, 1.807) is 0 Å². The summed E-state index contributed by atoms with van der Waals surface area (Å²) in [5, 5.41) is 0. The van der Waals surface area contributed by atoms with Crippen LogP contribution < -0.4 is 0 Å². The van der Waals surface area contributed by atoms with Crippen LogP contribution in [0, 0.1) is 0 Å². The molecule has 0 fully saturated rings. The number of hydrogen-bond donors (Lipinski definition) is 0. The standard InChI is InChI=1S/C10H13N3/c1-12(2)7-9-8-13-6-4-3-5-10(13)11-9/h3-6,8H,7H2,1-2H3. The maximum Gasteiger partial charge on any atom is 0.137 e. The highest BCUT2D eigenvalue weighted by molar-refractivity contribution is 5.39. The van der Waals surface area contributed by atoms with Crippen molar-refractivity contribution in [2.75, 3.05) is 14.1 Å². The highest BCUT2D eigenvalue weighted by atomic mass is 15.1. The van der Waals surface area contributed by atoms with E-state index < -0.39 is 0 Å². The molecule has 0 radical (unpaired) electrons. The van der Waals surface area contributed by atoms with Gasteiger partial charge in [0, 0.05) is 18.9 Å². The Morgan fingerprint density at radius 1 is 1.38 bits per heavy atom. The van der Waals surface area contributed by atoms with Gasteiger partial charge in [-0.2, -0.15) is 0 Å². The number of fused-ring (bicyclic) bond motifs is 1. The van der Waals surface area contributed by atoms with Crippen LogP contribution in [0.5, 0.6) is 0 Å². The number of nitrogens with zero attached hydrogens (tertiary/aromatic N) is 3. The summed E-state index contributed by atoms with van der Waals surface area (Å²) in [4.78, 5) is 6.59. The van der Waals surface area contributed by atoms with Gasteiger partial charge in [0.25, 0.3) is 0 Å². The average Bonchev–Trinajstić information content (AvgIpc) is 2.44. The van der Waals surface area contributed by atoms with Crippen LogP contribution in [0.1, 0.15) is 5.69 Å². The van der Waals surface area contributed by atoms with Crippen molar-refractivity contribution < 1.29 is 0 Å². The van der Waals surface area contributed by atoms with Crippen LogP contribution in [0.25, 0.3) is 5.65 Å². The van der Waals surface area contributed by atoms with Gasteiger partial charge in [-0.25, -0.2) is 4.98 Å². The molecule has 0 bridgehead atoms. The number of hydrogen-bond acceptors (Lipinski definition) is 2. The lowest BCUT2D eigenvalue weighted by atomic mass is 10.4. The SMILES string of the molecule is CN(C)Cc1cn2ccccc2n1. The van der Waals surface area contributed by atoms with Gasteiger partial charge in [-0.3, -0.25) is 0 Å². The molecule has 2 rings (SSSR count). The third kappa shape index (κ3) is 1.70. The molecule has 2 aromatic heterocycles. The summed E-state index contributed by atoms with van der Waals surface area (Å²) in [5.74, 6) is 0. The Balaban J connectivity index is 2.38. The Kier molecular flexibility index (Phi) is 2.02. The summed E-state index contributed by atoms with van der Waals surface area (Å²) in [5.41, 5.74) is 2.12. The Hall–Kier alpha value is -1.35. The average molecular weight is 175 g/mol. The summed E-state index contributed by atoms with van der Waals surface area (Å²) < 4.78 is 2.04. The largest absolute Gasteiger partial charge is 0.307 e. The third-order valence-electron chi connectivity index (χ3n) is 1.89.